The van der Waals surface area contributed by atoms with Gasteiger partial charge in [0.25, 0.3) is 5.91 Å². The van der Waals surface area contributed by atoms with Crippen LogP contribution in [0.5, 0.6) is 0 Å². The summed E-state index contributed by atoms with van der Waals surface area (Å²) in [7, 11) is -4.77. The third-order valence-corrected chi connectivity index (χ3v) is 8.06. The van der Waals surface area contributed by atoms with Gasteiger partial charge in [0.1, 0.15) is 0 Å². The second kappa shape index (κ2) is 8.42. The zero-order valence-corrected chi connectivity index (χ0v) is 18.0. The first-order chi connectivity index (χ1) is 15.1. The lowest BCUT2D eigenvalue weighted by molar-refractivity contribution is -0.123. The Morgan fingerprint density at radius 2 is 1.53 bits per heavy atom. The number of hydrogen-bond donors (Lipinski definition) is 2. The van der Waals surface area contributed by atoms with Gasteiger partial charge in [-0.3, -0.25) is 10.1 Å². The molecule has 1 aromatic rings. The van der Waals surface area contributed by atoms with Crippen molar-refractivity contribution >= 4 is 27.7 Å². The average molecular weight is 470 g/mol. The quantitative estimate of drug-likeness (QED) is 0.617. The predicted octanol–water partition coefficient (Wildman–Crippen LogP) is 2.63. The minimum Gasteiger partial charge on any atom is -0.452 e. The van der Waals surface area contributed by atoms with E-state index < -0.39 is 45.0 Å². The van der Waals surface area contributed by atoms with E-state index in [-0.39, 0.29) is 11.1 Å². The smallest absolute Gasteiger partial charge is 0.341 e. The minimum atomic E-state index is -4.77. The second-order valence-corrected chi connectivity index (χ2v) is 11.0. The number of hydrogen-bond acceptors (Lipinski definition) is 6. The molecule has 0 radical (unpaired) electrons. The SMILES string of the molecule is O=C(COC(=O)c1ccc(S(=O)(=O)C(F)F)cc1)NC(=O)NC12CC3CC(CC(C3)C1)C2. The summed E-state index contributed by atoms with van der Waals surface area (Å²) < 4.78 is 52.7. The van der Waals surface area contributed by atoms with E-state index >= 15 is 0 Å². The van der Waals surface area contributed by atoms with Crippen LogP contribution < -0.4 is 10.6 Å². The second-order valence-electron chi connectivity index (χ2n) is 9.11. The molecule has 1 aromatic carbocycles. The van der Waals surface area contributed by atoms with Crippen LogP contribution in [0.2, 0.25) is 0 Å². The van der Waals surface area contributed by atoms with Gasteiger partial charge >= 0.3 is 17.8 Å². The summed E-state index contributed by atoms with van der Waals surface area (Å²) in [6.45, 7) is -0.718. The van der Waals surface area contributed by atoms with Gasteiger partial charge in [-0.25, -0.2) is 18.0 Å². The van der Waals surface area contributed by atoms with Crippen molar-refractivity contribution in [1.82, 2.24) is 10.6 Å². The molecule has 4 fully saturated rings. The Labute approximate surface area is 184 Å². The predicted molar refractivity (Wildman–Crippen MR) is 107 cm³/mol. The topological polar surface area (TPSA) is 119 Å². The number of urea groups is 1. The van der Waals surface area contributed by atoms with Crippen LogP contribution in [0.15, 0.2) is 29.2 Å². The Kier molecular flexibility index (Phi) is 5.95. The Hall–Kier alpha value is -2.56. The minimum absolute atomic E-state index is 0.121. The molecular weight excluding hydrogens is 446 g/mol. The van der Waals surface area contributed by atoms with Crippen molar-refractivity contribution in [1.29, 1.82) is 0 Å². The lowest BCUT2D eigenvalue weighted by Crippen LogP contribution is -2.62. The molecule has 0 atom stereocenters. The van der Waals surface area contributed by atoms with Crippen LogP contribution in [0.3, 0.4) is 0 Å². The third-order valence-electron chi connectivity index (χ3n) is 6.66. The first-order valence-corrected chi connectivity index (χ1v) is 12.0. The fourth-order valence-electron chi connectivity index (χ4n) is 5.80. The van der Waals surface area contributed by atoms with Gasteiger partial charge in [-0.05, 0) is 80.5 Å². The number of carbonyl (C=O) groups excluding carboxylic acids is 3. The number of halogens is 2. The summed E-state index contributed by atoms with van der Waals surface area (Å²) in [5.41, 5.74) is -0.389. The van der Waals surface area contributed by atoms with Crippen molar-refractivity contribution in [3.63, 3.8) is 0 Å². The summed E-state index contributed by atoms with van der Waals surface area (Å²) in [5.74, 6) is -3.46. The molecule has 0 aliphatic heterocycles. The molecule has 0 unspecified atom stereocenters. The highest BCUT2D eigenvalue weighted by molar-refractivity contribution is 7.91. The average Bonchev–Trinajstić information content (AvgIpc) is 2.70. The van der Waals surface area contributed by atoms with Crippen molar-refractivity contribution in [2.24, 2.45) is 17.8 Å². The van der Waals surface area contributed by atoms with E-state index in [0.717, 1.165) is 43.5 Å². The molecule has 5 rings (SSSR count). The Balaban J connectivity index is 1.26. The summed E-state index contributed by atoms with van der Waals surface area (Å²) in [4.78, 5) is 35.8. The third kappa shape index (κ3) is 4.62. The molecule has 4 aliphatic carbocycles. The fraction of sp³-hybridized carbons (Fsp3) is 0.571. The number of benzene rings is 1. The van der Waals surface area contributed by atoms with E-state index in [2.05, 4.69) is 10.6 Å². The summed E-state index contributed by atoms with van der Waals surface area (Å²) in [6, 6.07) is 3.12. The highest BCUT2D eigenvalue weighted by Crippen LogP contribution is 2.55. The Morgan fingerprint density at radius 1 is 1.00 bits per heavy atom. The molecule has 11 heteroatoms. The lowest BCUT2D eigenvalue weighted by atomic mass is 9.53. The zero-order valence-electron chi connectivity index (χ0n) is 17.2. The van der Waals surface area contributed by atoms with Crippen LogP contribution in [0.25, 0.3) is 0 Å². The lowest BCUT2D eigenvalue weighted by Gasteiger charge is -2.56. The molecule has 0 aromatic heterocycles. The van der Waals surface area contributed by atoms with Gasteiger partial charge in [-0.1, -0.05) is 0 Å². The highest BCUT2D eigenvalue weighted by Gasteiger charge is 2.51. The highest BCUT2D eigenvalue weighted by atomic mass is 32.2. The van der Waals surface area contributed by atoms with Crippen LogP contribution >= 0.6 is 0 Å². The van der Waals surface area contributed by atoms with Crippen molar-refractivity contribution in [2.75, 3.05) is 6.61 Å². The molecule has 0 spiro atoms. The van der Waals surface area contributed by atoms with E-state index in [0.29, 0.717) is 17.8 Å². The molecule has 0 heterocycles. The summed E-state index contributed by atoms with van der Waals surface area (Å²) in [5, 5.41) is 5.15. The zero-order chi connectivity index (χ0) is 23.1. The maximum atomic E-state index is 12.6. The maximum Gasteiger partial charge on any atom is 0.341 e. The first-order valence-electron chi connectivity index (χ1n) is 10.5. The van der Waals surface area contributed by atoms with Crippen molar-refractivity contribution < 1.29 is 36.3 Å². The van der Waals surface area contributed by atoms with Gasteiger partial charge in [-0.2, -0.15) is 8.78 Å². The van der Waals surface area contributed by atoms with Gasteiger partial charge in [0.15, 0.2) is 6.61 Å². The van der Waals surface area contributed by atoms with Crippen LogP contribution in [0, 0.1) is 17.8 Å². The van der Waals surface area contributed by atoms with Crippen molar-refractivity contribution in [3.05, 3.63) is 29.8 Å². The van der Waals surface area contributed by atoms with Crippen LogP contribution in [0.1, 0.15) is 48.9 Å². The molecule has 3 amide bonds. The number of ether oxygens (including phenoxy) is 1. The Bertz CT molecular complexity index is 990. The van der Waals surface area contributed by atoms with E-state index in [1.54, 1.807) is 0 Å². The van der Waals surface area contributed by atoms with Gasteiger partial charge in [0.05, 0.1) is 10.5 Å². The van der Waals surface area contributed by atoms with E-state index in [1.807, 2.05) is 0 Å². The van der Waals surface area contributed by atoms with E-state index in [9.17, 15) is 31.6 Å². The van der Waals surface area contributed by atoms with Crippen molar-refractivity contribution in [2.45, 2.75) is 54.7 Å². The number of alkyl halides is 2. The monoisotopic (exact) mass is 470 g/mol. The number of carbonyl (C=O) groups is 3. The number of esters is 1. The summed E-state index contributed by atoms with van der Waals surface area (Å²) in [6.07, 6.45) is 6.41. The first kappa shape index (κ1) is 22.6. The molecule has 2 N–H and O–H groups in total. The summed E-state index contributed by atoms with van der Waals surface area (Å²) >= 11 is 0. The molecule has 174 valence electrons. The Morgan fingerprint density at radius 3 is 2.03 bits per heavy atom. The van der Waals surface area contributed by atoms with Gasteiger partial charge in [-0.15, -0.1) is 0 Å². The van der Waals surface area contributed by atoms with Crippen LogP contribution in [-0.4, -0.2) is 44.2 Å². The normalized spacial score (nSPS) is 28.4. The number of amides is 3. The maximum absolute atomic E-state index is 12.6. The molecule has 4 bridgehead atoms. The standard InChI is InChI=1S/C21H24F2N2O6S/c22-19(23)32(29,30)16-3-1-15(2-4-16)18(27)31-11-17(26)24-20(28)25-21-8-12-5-13(9-21)7-14(6-12)10-21/h1-4,12-14,19H,5-11H2,(H2,24,25,26,28). The number of rotatable bonds is 6. The number of imide groups is 1. The van der Waals surface area contributed by atoms with Gasteiger partial charge < -0.3 is 10.1 Å². The fourth-order valence-corrected chi connectivity index (χ4v) is 6.52. The molecule has 4 aliphatic rings. The van der Waals surface area contributed by atoms with E-state index in [1.165, 1.54) is 19.3 Å². The van der Waals surface area contributed by atoms with Crippen LogP contribution in [-0.2, 0) is 19.4 Å². The molecule has 4 saturated carbocycles. The van der Waals surface area contributed by atoms with Crippen LogP contribution in [0.4, 0.5) is 13.6 Å². The molecule has 32 heavy (non-hydrogen) atoms. The van der Waals surface area contributed by atoms with Gasteiger partial charge in [0.2, 0.25) is 9.84 Å². The van der Waals surface area contributed by atoms with Gasteiger partial charge in [0, 0.05) is 5.54 Å². The molecule has 8 nitrogen and oxygen atoms in total. The number of sulfone groups is 1. The largest absolute Gasteiger partial charge is 0.452 e. The molecule has 0 saturated heterocycles. The number of nitrogens with one attached hydrogen (secondary N) is 2. The molecular formula is C21H24F2N2O6S. The van der Waals surface area contributed by atoms with Crippen molar-refractivity contribution in [3.8, 4) is 0 Å². The van der Waals surface area contributed by atoms with E-state index in [4.69, 9.17) is 4.74 Å².